The molecule has 6 nitrogen and oxygen atoms in total. The first-order chi connectivity index (χ1) is 17.6. The molecule has 0 bridgehead atoms. The van der Waals surface area contributed by atoms with Crippen LogP contribution in [0.15, 0.2) is 60.7 Å². The SMILES string of the molecule is Cc1nc2c(-c3ccc(Cl)cc3)cccc2c(-c2ccc3c(c2)OCCO3)c1C(OC(C)(C)C)C(=O)O. The lowest BCUT2D eigenvalue weighted by Crippen LogP contribution is -2.28. The molecule has 1 atom stereocenters. The Labute approximate surface area is 220 Å². The first-order valence-corrected chi connectivity index (χ1v) is 12.5. The molecule has 1 aromatic heterocycles. The summed E-state index contributed by atoms with van der Waals surface area (Å²) in [5.41, 5.74) is 4.58. The number of hydrogen-bond acceptors (Lipinski definition) is 5. The number of carboxylic acid groups (broad SMARTS) is 1. The molecule has 190 valence electrons. The number of nitrogens with zero attached hydrogens (tertiary/aromatic N) is 1. The molecule has 0 spiro atoms. The second-order valence-electron chi connectivity index (χ2n) is 10.0. The van der Waals surface area contributed by atoms with Gasteiger partial charge >= 0.3 is 5.97 Å². The Balaban J connectivity index is 1.84. The summed E-state index contributed by atoms with van der Waals surface area (Å²) in [5.74, 6) is 0.204. The van der Waals surface area contributed by atoms with E-state index in [2.05, 4.69) is 0 Å². The average molecular weight is 518 g/mol. The first kappa shape index (κ1) is 25.1. The molecule has 3 aromatic carbocycles. The van der Waals surface area contributed by atoms with E-state index in [0.717, 1.165) is 33.2 Å². The number of halogens is 1. The van der Waals surface area contributed by atoms with Gasteiger partial charge in [0, 0.05) is 27.2 Å². The topological polar surface area (TPSA) is 77.9 Å². The molecule has 1 unspecified atom stereocenters. The highest BCUT2D eigenvalue weighted by molar-refractivity contribution is 6.30. The number of hydrogen-bond donors (Lipinski definition) is 1. The second-order valence-corrected chi connectivity index (χ2v) is 10.4. The van der Waals surface area contributed by atoms with Crippen molar-refractivity contribution in [3.8, 4) is 33.8 Å². The van der Waals surface area contributed by atoms with Crippen LogP contribution in [-0.4, -0.2) is 34.9 Å². The summed E-state index contributed by atoms with van der Waals surface area (Å²) in [5, 5.41) is 11.8. The molecule has 5 rings (SSSR count). The molecule has 1 N–H and O–H groups in total. The highest BCUT2D eigenvalue weighted by atomic mass is 35.5. The molecule has 2 heterocycles. The molecule has 1 aliphatic rings. The minimum Gasteiger partial charge on any atom is -0.486 e. The first-order valence-electron chi connectivity index (χ1n) is 12.1. The fourth-order valence-corrected chi connectivity index (χ4v) is 4.83. The fraction of sp³-hybridized carbons (Fsp3) is 0.267. The maximum atomic E-state index is 12.6. The molecule has 4 aromatic rings. The van der Waals surface area contributed by atoms with E-state index in [1.807, 2.05) is 88.4 Å². The van der Waals surface area contributed by atoms with Gasteiger partial charge in [0.2, 0.25) is 0 Å². The number of pyridine rings is 1. The molecule has 1 aliphatic heterocycles. The monoisotopic (exact) mass is 517 g/mol. The maximum Gasteiger partial charge on any atom is 0.337 e. The van der Waals surface area contributed by atoms with E-state index < -0.39 is 17.7 Å². The third-order valence-electron chi connectivity index (χ3n) is 6.19. The summed E-state index contributed by atoms with van der Waals surface area (Å²) >= 11 is 6.14. The van der Waals surface area contributed by atoms with Crippen LogP contribution in [0, 0.1) is 6.92 Å². The van der Waals surface area contributed by atoms with Gasteiger partial charge in [-0.25, -0.2) is 4.79 Å². The van der Waals surface area contributed by atoms with Crippen molar-refractivity contribution in [2.45, 2.75) is 39.4 Å². The number of aromatic nitrogens is 1. The molecule has 0 saturated carbocycles. The van der Waals surface area contributed by atoms with Crippen molar-refractivity contribution in [1.29, 1.82) is 0 Å². The van der Waals surface area contributed by atoms with Crippen molar-refractivity contribution in [3.05, 3.63) is 76.9 Å². The Kier molecular flexibility index (Phi) is 6.56. The van der Waals surface area contributed by atoms with E-state index >= 15 is 0 Å². The number of rotatable bonds is 5. The Morgan fingerprint density at radius 1 is 1.00 bits per heavy atom. The van der Waals surface area contributed by atoms with E-state index in [4.69, 9.17) is 30.8 Å². The third-order valence-corrected chi connectivity index (χ3v) is 6.44. The summed E-state index contributed by atoms with van der Waals surface area (Å²) in [6.07, 6.45) is -1.22. The van der Waals surface area contributed by atoms with Gasteiger partial charge in [-0.3, -0.25) is 4.98 Å². The quantitative estimate of drug-likeness (QED) is 0.300. The van der Waals surface area contributed by atoms with Crippen LogP contribution in [-0.2, 0) is 9.53 Å². The average Bonchev–Trinajstić information content (AvgIpc) is 2.86. The summed E-state index contributed by atoms with van der Waals surface area (Å²) in [7, 11) is 0. The van der Waals surface area contributed by atoms with E-state index in [0.29, 0.717) is 41.0 Å². The van der Waals surface area contributed by atoms with Gasteiger partial charge in [0.15, 0.2) is 17.6 Å². The van der Waals surface area contributed by atoms with E-state index in [1.165, 1.54) is 0 Å². The zero-order valence-corrected chi connectivity index (χ0v) is 21.9. The predicted molar refractivity (Wildman–Crippen MR) is 145 cm³/mol. The lowest BCUT2D eigenvalue weighted by molar-refractivity contribution is -0.160. The molecule has 0 amide bonds. The zero-order valence-electron chi connectivity index (χ0n) is 21.2. The third kappa shape index (κ3) is 4.99. The Morgan fingerprint density at radius 3 is 2.35 bits per heavy atom. The van der Waals surface area contributed by atoms with Crippen molar-refractivity contribution < 1.29 is 24.1 Å². The largest absolute Gasteiger partial charge is 0.486 e. The van der Waals surface area contributed by atoms with Gasteiger partial charge in [-0.15, -0.1) is 0 Å². The van der Waals surface area contributed by atoms with Crippen molar-refractivity contribution in [2.24, 2.45) is 0 Å². The van der Waals surface area contributed by atoms with Crippen LogP contribution in [0.4, 0.5) is 0 Å². The van der Waals surface area contributed by atoms with E-state index in [9.17, 15) is 9.90 Å². The Hall–Kier alpha value is -3.61. The van der Waals surface area contributed by atoms with Gasteiger partial charge in [-0.05, 0) is 68.7 Å². The number of carboxylic acids is 1. The highest BCUT2D eigenvalue weighted by Gasteiger charge is 2.33. The van der Waals surface area contributed by atoms with Gasteiger partial charge in [0.05, 0.1) is 11.1 Å². The minimum atomic E-state index is -1.22. The predicted octanol–water partition coefficient (Wildman–Crippen LogP) is 7.24. The standard InChI is InChI=1S/C30H28ClNO5/c1-17-25(28(29(33)34)37-30(2,3)4)26(19-10-13-23-24(16-19)36-15-14-35-23)22-7-5-6-21(27(22)32-17)18-8-11-20(31)12-9-18/h5-13,16,28H,14-15H2,1-4H3,(H,33,34). The van der Waals surface area contributed by atoms with Crippen molar-refractivity contribution in [1.82, 2.24) is 4.98 Å². The number of ether oxygens (including phenoxy) is 3. The molecule has 7 heteroatoms. The smallest absolute Gasteiger partial charge is 0.337 e. The second kappa shape index (κ2) is 9.69. The van der Waals surface area contributed by atoms with Gasteiger partial charge < -0.3 is 19.3 Å². The summed E-state index contributed by atoms with van der Waals surface area (Å²) in [6.45, 7) is 8.29. The number of aliphatic carboxylic acids is 1. The lowest BCUT2D eigenvalue weighted by atomic mass is 9.89. The fourth-order valence-electron chi connectivity index (χ4n) is 4.70. The van der Waals surface area contributed by atoms with Crippen molar-refractivity contribution >= 4 is 28.5 Å². The molecule has 0 fully saturated rings. The summed E-state index contributed by atoms with van der Waals surface area (Å²) in [4.78, 5) is 17.5. The van der Waals surface area contributed by atoms with Crippen molar-refractivity contribution in [2.75, 3.05) is 13.2 Å². The Bertz CT molecular complexity index is 1490. The highest BCUT2D eigenvalue weighted by Crippen LogP contribution is 2.44. The number of aryl methyl sites for hydroxylation is 1. The molecule has 0 saturated heterocycles. The lowest BCUT2D eigenvalue weighted by Gasteiger charge is -2.28. The van der Waals surface area contributed by atoms with E-state index in [-0.39, 0.29) is 0 Å². The van der Waals surface area contributed by atoms with Crippen LogP contribution in [0.2, 0.25) is 5.02 Å². The van der Waals surface area contributed by atoms with E-state index in [1.54, 1.807) is 0 Å². The minimum absolute atomic E-state index is 0.449. The van der Waals surface area contributed by atoms with Gasteiger partial charge in [0.1, 0.15) is 13.2 Å². The van der Waals surface area contributed by atoms with Crippen LogP contribution in [0.3, 0.4) is 0 Å². The number of para-hydroxylation sites is 1. The Morgan fingerprint density at radius 2 is 1.68 bits per heavy atom. The van der Waals surface area contributed by atoms with Crippen LogP contribution in [0.25, 0.3) is 33.2 Å². The molecule has 37 heavy (non-hydrogen) atoms. The van der Waals surface area contributed by atoms with Crippen molar-refractivity contribution in [3.63, 3.8) is 0 Å². The van der Waals surface area contributed by atoms with Gasteiger partial charge in [-0.2, -0.15) is 0 Å². The van der Waals surface area contributed by atoms with Gasteiger partial charge in [-0.1, -0.05) is 48.0 Å². The number of carbonyl (C=O) groups is 1. The maximum absolute atomic E-state index is 12.6. The summed E-state index contributed by atoms with van der Waals surface area (Å²) in [6, 6.07) is 19.2. The normalized spacial score (nSPS) is 14.0. The number of fused-ring (bicyclic) bond motifs is 2. The molecular formula is C30H28ClNO5. The van der Waals surface area contributed by atoms with Crippen LogP contribution in [0.1, 0.15) is 38.1 Å². The van der Waals surface area contributed by atoms with Crippen LogP contribution in [0.5, 0.6) is 11.5 Å². The zero-order chi connectivity index (χ0) is 26.3. The molecule has 0 aliphatic carbocycles. The summed E-state index contributed by atoms with van der Waals surface area (Å²) < 4.78 is 17.7. The van der Waals surface area contributed by atoms with Crippen LogP contribution >= 0.6 is 11.6 Å². The van der Waals surface area contributed by atoms with Gasteiger partial charge in [0.25, 0.3) is 0 Å². The molecular weight excluding hydrogens is 490 g/mol. The molecule has 0 radical (unpaired) electrons. The number of benzene rings is 3. The van der Waals surface area contributed by atoms with Crippen LogP contribution < -0.4 is 9.47 Å².